The third-order valence-electron chi connectivity index (χ3n) is 3.75. The number of piperazine rings is 1. The summed E-state index contributed by atoms with van der Waals surface area (Å²) in [6.45, 7) is 3.35. The Morgan fingerprint density at radius 2 is 1.74 bits per heavy atom. The smallest absolute Gasteiger partial charge is 0.312 e. The van der Waals surface area contributed by atoms with Gasteiger partial charge in [0.1, 0.15) is 0 Å². The van der Waals surface area contributed by atoms with Crippen LogP contribution in [0.1, 0.15) is 6.42 Å². The zero-order chi connectivity index (χ0) is 16.5. The van der Waals surface area contributed by atoms with Crippen LogP contribution in [0.3, 0.4) is 0 Å². The van der Waals surface area contributed by atoms with Crippen molar-refractivity contribution in [2.45, 2.75) is 6.42 Å². The zero-order valence-electron chi connectivity index (χ0n) is 13.0. The van der Waals surface area contributed by atoms with Crippen LogP contribution in [0.15, 0.2) is 30.3 Å². The number of rotatable bonds is 6. The van der Waals surface area contributed by atoms with Gasteiger partial charge in [-0.1, -0.05) is 18.2 Å². The molecule has 0 spiro atoms. The Hall–Kier alpha value is -2.57. The van der Waals surface area contributed by atoms with Crippen molar-refractivity contribution in [3.05, 3.63) is 30.3 Å². The first-order chi connectivity index (χ1) is 11.2. The SMILES string of the molecule is O=CNCCCNC(=O)C(=O)N1CCN(c2ccccc2)CC1. The lowest BCUT2D eigenvalue weighted by Crippen LogP contribution is -2.52. The molecule has 0 aliphatic carbocycles. The predicted octanol–water partition coefficient (Wildman–Crippen LogP) is -0.412. The van der Waals surface area contributed by atoms with E-state index in [2.05, 4.69) is 15.5 Å². The maximum atomic E-state index is 12.1. The van der Waals surface area contributed by atoms with E-state index >= 15 is 0 Å². The summed E-state index contributed by atoms with van der Waals surface area (Å²) in [6.07, 6.45) is 1.21. The minimum atomic E-state index is -0.579. The predicted molar refractivity (Wildman–Crippen MR) is 86.9 cm³/mol. The Bertz CT molecular complexity index is 527. The van der Waals surface area contributed by atoms with Crippen LogP contribution in [-0.2, 0) is 14.4 Å². The lowest BCUT2D eigenvalue weighted by Gasteiger charge is -2.35. The fraction of sp³-hybridized carbons (Fsp3) is 0.438. The molecule has 1 heterocycles. The summed E-state index contributed by atoms with van der Waals surface area (Å²) < 4.78 is 0. The fourth-order valence-corrected chi connectivity index (χ4v) is 2.48. The standard InChI is InChI=1S/C16H22N4O3/c21-13-17-7-4-8-18-15(22)16(23)20-11-9-19(10-12-20)14-5-2-1-3-6-14/h1-3,5-6,13H,4,7-12H2,(H,17,21)(H,18,22). The van der Waals surface area contributed by atoms with E-state index in [1.54, 1.807) is 4.90 Å². The minimum Gasteiger partial charge on any atom is -0.368 e. The highest BCUT2D eigenvalue weighted by Gasteiger charge is 2.25. The van der Waals surface area contributed by atoms with Gasteiger partial charge in [0.05, 0.1) is 0 Å². The number of para-hydroxylation sites is 1. The molecule has 0 unspecified atom stereocenters. The molecule has 1 aromatic carbocycles. The number of amides is 3. The van der Waals surface area contributed by atoms with E-state index in [1.807, 2.05) is 30.3 Å². The largest absolute Gasteiger partial charge is 0.368 e. The quantitative estimate of drug-likeness (QED) is 0.424. The molecule has 1 aliphatic heterocycles. The Morgan fingerprint density at radius 3 is 2.39 bits per heavy atom. The molecule has 124 valence electrons. The number of nitrogens with one attached hydrogen (secondary N) is 2. The van der Waals surface area contributed by atoms with Crippen LogP contribution in [0, 0.1) is 0 Å². The first kappa shape index (κ1) is 16.8. The normalized spacial score (nSPS) is 14.3. The monoisotopic (exact) mass is 318 g/mol. The van der Waals surface area contributed by atoms with Crippen LogP contribution in [0.2, 0.25) is 0 Å². The van der Waals surface area contributed by atoms with Gasteiger partial charge in [0.25, 0.3) is 0 Å². The first-order valence-corrected chi connectivity index (χ1v) is 7.76. The van der Waals surface area contributed by atoms with E-state index in [-0.39, 0.29) is 0 Å². The summed E-state index contributed by atoms with van der Waals surface area (Å²) in [5, 5.41) is 5.08. The van der Waals surface area contributed by atoms with Crippen molar-refractivity contribution in [3.8, 4) is 0 Å². The van der Waals surface area contributed by atoms with E-state index in [1.165, 1.54) is 0 Å². The Kier molecular flexibility index (Phi) is 6.40. The van der Waals surface area contributed by atoms with E-state index in [9.17, 15) is 14.4 Å². The zero-order valence-corrected chi connectivity index (χ0v) is 13.0. The number of carbonyl (C=O) groups is 3. The van der Waals surface area contributed by atoms with Crippen LogP contribution in [-0.4, -0.2) is 62.4 Å². The first-order valence-electron chi connectivity index (χ1n) is 7.76. The molecule has 0 saturated carbocycles. The number of hydrogen-bond donors (Lipinski definition) is 2. The van der Waals surface area contributed by atoms with E-state index in [0.29, 0.717) is 52.1 Å². The second-order valence-corrected chi connectivity index (χ2v) is 5.30. The molecule has 2 N–H and O–H groups in total. The molecule has 1 aromatic rings. The molecule has 0 aromatic heterocycles. The van der Waals surface area contributed by atoms with Gasteiger partial charge in [-0.05, 0) is 18.6 Å². The molecule has 1 fully saturated rings. The van der Waals surface area contributed by atoms with Crippen molar-refractivity contribution in [1.29, 1.82) is 0 Å². The topological polar surface area (TPSA) is 81.8 Å². The summed E-state index contributed by atoms with van der Waals surface area (Å²) in [5.74, 6) is -1.06. The molecule has 1 aliphatic rings. The lowest BCUT2D eigenvalue weighted by atomic mass is 10.2. The summed E-state index contributed by atoms with van der Waals surface area (Å²) in [5.41, 5.74) is 1.13. The van der Waals surface area contributed by atoms with E-state index < -0.39 is 11.8 Å². The lowest BCUT2D eigenvalue weighted by molar-refractivity contribution is -0.146. The molecule has 1 saturated heterocycles. The molecule has 23 heavy (non-hydrogen) atoms. The van der Waals surface area contributed by atoms with Gasteiger partial charge in [0.2, 0.25) is 6.41 Å². The van der Waals surface area contributed by atoms with Crippen LogP contribution < -0.4 is 15.5 Å². The van der Waals surface area contributed by atoms with Gasteiger partial charge in [0.15, 0.2) is 0 Å². The summed E-state index contributed by atoms with van der Waals surface area (Å²) in [4.78, 5) is 37.8. The molecular formula is C16H22N4O3. The molecule has 7 nitrogen and oxygen atoms in total. The molecular weight excluding hydrogens is 296 g/mol. The van der Waals surface area contributed by atoms with Crippen LogP contribution >= 0.6 is 0 Å². The van der Waals surface area contributed by atoms with Crippen molar-refractivity contribution in [3.63, 3.8) is 0 Å². The molecule has 0 atom stereocenters. The number of nitrogens with zero attached hydrogens (tertiary/aromatic N) is 2. The molecule has 2 rings (SSSR count). The summed E-state index contributed by atoms with van der Waals surface area (Å²) in [7, 11) is 0. The fourth-order valence-electron chi connectivity index (χ4n) is 2.48. The number of benzene rings is 1. The molecule has 7 heteroatoms. The van der Waals surface area contributed by atoms with Gasteiger partial charge in [-0.3, -0.25) is 14.4 Å². The van der Waals surface area contributed by atoms with Gasteiger partial charge in [0, 0.05) is 45.0 Å². The highest BCUT2D eigenvalue weighted by molar-refractivity contribution is 6.35. The number of anilines is 1. The van der Waals surface area contributed by atoms with Crippen molar-refractivity contribution in [2.75, 3.05) is 44.2 Å². The Labute approximate surface area is 135 Å². The number of carbonyl (C=O) groups excluding carboxylic acids is 3. The van der Waals surface area contributed by atoms with Crippen molar-refractivity contribution < 1.29 is 14.4 Å². The average Bonchev–Trinajstić information content (AvgIpc) is 2.61. The molecule has 0 radical (unpaired) electrons. The third kappa shape index (κ3) is 4.98. The molecule has 3 amide bonds. The van der Waals surface area contributed by atoms with Crippen molar-refractivity contribution >= 4 is 23.9 Å². The summed E-state index contributed by atoms with van der Waals surface area (Å²) in [6, 6.07) is 10.0. The van der Waals surface area contributed by atoms with E-state index in [0.717, 1.165) is 5.69 Å². The van der Waals surface area contributed by atoms with Gasteiger partial charge < -0.3 is 20.4 Å². The minimum absolute atomic E-state index is 0.370. The Balaban J connectivity index is 1.72. The van der Waals surface area contributed by atoms with Crippen molar-refractivity contribution in [1.82, 2.24) is 15.5 Å². The average molecular weight is 318 g/mol. The summed E-state index contributed by atoms with van der Waals surface area (Å²) >= 11 is 0. The second-order valence-electron chi connectivity index (χ2n) is 5.30. The van der Waals surface area contributed by atoms with Crippen LogP contribution in [0.5, 0.6) is 0 Å². The second kappa shape index (κ2) is 8.77. The van der Waals surface area contributed by atoms with E-state index in [4.69, 9.17) is 0 Å². The maximum absolute atomic E-state index is 12.1. The Morgan fingerprint density at radius 1 is 1.04 bits per heavy atom. The van der Waals surface area contributed by atoms with Crippen LogP contribution in [0.4, 0.5) is 5.69 Å². The van der Waals surface area contributed by atoms with Gasteiger partial charge in [-0.2, -0.15) is 0 Å². The third-order valence-corrected chi connectivity index (χ3v) is 3.75. The highest BCUT2D eigenvalue weighted by atomic mass is 16.2. The van der Waals surface area contributed by atoms with Gasteiger partial charge in [-0.15, -0.1) is 0 Å². The number of hydrogen-bond acceptors (Lipinski definition) is 4. The van der Waals surface area contributed by atoms with Gasteiger partial charge >= 0.3 is 11.8 Å². The van der Waals surface area contributed by atoms with Crippen molar-refractivity contribution in [2.24, 2.45) is 0 Å². The van der Waals surface area contributed by atoms with Crippen LogP contribution in [0.25, 0.3) is 0 Å². The highest BCUT2D eigenvalue weighted by Crippen LogP contribution is 2.15. The maximum Gasteiger partial charge on any atom is 0.312 e. The van der Waals surface area contributed by atoms with Gasteiger partial charge in [-0.25, -0.2) is 0 Å². The molecule has 0 bridgehead atoms.